The van der Waals surface area contributed by atoms with E-state index < -0.39 is 43.0 Å². The normalized spacial score (nSPS) is 15.8. The van der Waals surface area contributed by atoms with Crippen molar-refractivity contribution in [2.24, 2.45) is 0 Å². The summed E-state index contributed by atoms with van der Waals surface area (Å²) in [6, 6.07) is 6.43. The van der Waals surface area contributed by atoms with Crippen molar-refractivity contribution in [3.05, 3.63) is 57.4 Å². The van der Waals surface area contributed by atoms with Gasteiger partial charge in [-0.05, 0) is 38.5 Å². The highest BCUT2D eigenvalue weighted by molar-refractivity contribution is 6.30. The molecule has 1 aliphatic rings. The van der Waals surface area contributed by atoms with Crippen molar-refractivity contribution >= 4 is 35.5 Å². The lowest BCUT2D eigenvalue weighted by molar-refractivity contribution is -0.156. The fraction of sp³-hybridized carbons (Fsp3) is 0.333. The van der Waals surface area contributed by atoms with E-state index in [9.17, 15) is 19.2 Å². The SMILES string of the molecule is CCOC(=O)COC(=O)C1=C(C)NC(C)=C(C(=O)OCC(=O)O)C1c1ccc(Cl)cc1. The zero-order chi connectivity index (χ0) is 23.1. The second kappa shape index (κ2) is 10.6. The van der Waals surface area contributed by atoms with Crippen LogP contribution in [0.25, 0.3) is 0 Å². The molecule has 9 nitrogen and oxygen atoms in total. The van der Waals surface area contributed by atoms with E-state index in [0.29, 0.717) is 22.0 Å². The first-order valence-electron chi connectivity index (χ1n) is 9.31. The zero-order valence-corrected chi connectivity index (χ0v) is 17.9. The van der Waals surface area contributed by atoms with Gasteiger partial charge in [-0.3, -0.25) is 0 Å². The highest BCUT2D eigenvalue weighted by atomic mass is 35.5. The third kappa shape index (κ3) is 6.08. The number of hydrogen-bond donors (Lipinski definition) is 2. The van der Waals surface area contributed by atoms with Crippen LogP contribution in [-0.4, -0.2) is 48.8 Å². The van der Waals surface area contributed by atoms with Crippen LogP contribution in [0.2, 0.25) is 5.02 Å². The molecule has 31 heavy (non-hydrogen) atoms. The number of halogens is 1. The highest BCUT2D eigenvalue weighted by Crippen LogP contribution is 2.39. The molecule has 0 aliphatic carbocycles. The minimum Gasteiger partial charge on any atom is -0.479 e. The Morgan fingerprint density at radius 2 is 1.45 bits per heavy atom. The first kappa shape index (κ1) is 23.9. The summed E-state index contributed by atoms with van der Waals surface area (Å²) < 4.78 is 14.7. The Balaban J connectivity index is 2.46. The number of hydrogen-bond acceptors (Lipinski definition) is 8. The molecule has 1 aromatic carbocycles. The van der Waals surface area contributed by atoms with Crippen molar-refractivity contribution in [3.8, 4) is 0 Å². The summed E-state index contributed by atoms with van der Waals surface area (Å²) in [5, 5.41) is 12.2. The fourth-order valence-electron chi connectivity index (χ4n) is 3.13. The van der Waals surface area contributed by atoms with Crippen molar-refractivity contribution in [1.29, 1.82) is 0 Å². The van der Waals surface area contributed by atoms with E-state index in [1.807, 2.05) is 0 Å². The van der Waals surface area contributed by atoms with Gasteiger partial charge >= 0.3 is 23.9 Å². The summed E-state index contributed by atoms with van der Waals surface area (Å²) in [5.74, 6) is -4.72. The lowest BCUT2D eigenvalue weighted by Crippen LogP contribution is -2.33. The van der Waals surface area contributed by atoms with Crippen molar-refractivity contribution in [2.45, 2.75) is 26.7 Å². The molecule has 0 spiro atoms. The van der Waals surface area contributed by atoms with Crippen molar-refractivity contribution in [1.82, 2.24) is 5.32 Å². The number of carbonyl (C=O) groups is 4. The predicted molar refractivity (Wildman–Crippen MR) is 109 cm³/mol. The Kier molecular flexibility index (Phi) is 8.21. The van der Waals surface area contributed by atoms with Gasteiger partial charge in [-0.2, -0.15) is 0 Å². The van der Waals surface area contributed by atoms with Gasteiger partial charge < -0.3 is 24.6 Å². The molecular formula is C21H22ClNO8. The van der Waals surface area contributed by atoms with E-state index in [1.54, 1.807) is 45.0 Å². The summed E-state index contributed by atoms with van der Waals surface area (Å²) >= 11 is 5.97. The number of allylic oxidation sites excluding steroid dienone is 2. The topological polar surface area (TPSA) is 128 Å². The standard InChI is InChI=1S/C21H22ClNO8/c1-4-29-16(26)10-31-21(28)18-12(3)23-11(2)17(20(27)30-9-15(24)25)19(18)13-5-7-14(22)8-6-13/h5-8,19,23H,4,9-10H2,1-3H3,(H,24,25). The van der Waals surface area contributed by atoms with Crippen LogP contribution >= 0.6 is 11.6 Å². The number of ether oxygens (including phenoxy) is 3. The quantitative estimate of drug-likeness (QED) is 0.451. The Hall–Kier alpha value is -3.33. The van der Waals surface area contributed by atoms with E-state index in [0.717, 1.165) is 0 Å². The molecule has 0 aromatic heterocycles. The molecule has 0 saturated heterocycles. The van der Waals surface area contributed by atoms with Crippen LogP contribution in [0.5, 0.6) is 0 Å². The number of benzene rings is 1. The summed E-state index contributed by atoms with van der Waals surface area (Å²) in [6.45, 7) is 3.54. The van der Waals surface area contributed by atoms with E-state index in [-0.39, 0.29) is 17.8 Å². The van der Waals surface area contributed by atoms with Gasteiger partial charge in [-0.1, -0.05) is 23.7 Å². The van der Waals surface area contributed by atoms with Crippen LogP contribution in [0, 0.1) is 0 Å². The zero-order valence-electron chi connectivity index (χ0n) is 17.2. The average Bonchev–Trinajstić information content (AvgIpc) is 2.70. The minimum absolute atomic E-state index is 0.0391. The summed E-state index contributed by atoms with van der Waals surface area (Å²) in [7, 11) is 0. The maximum atomic E-state index is 12.9. The first-order valence-corrected chi connectivity index (χ1v) is 9.69. The maximum Gasteiger partial charge on any atom is 0.344 e. The molecule has 1 unspecified atom stereocenters. The van der Waals surface area contributed by atoms with Crippen molar-refractivity contribution in [3.63, 3.8) is 0 Å². The Morgan fingerprint density at radius 3 is 1.94 bits per heavy atom. The van der Waals surface area contributed by atoms with E-state index >= 15 is 0 Å². The number of dihydropyridines is 1. The minimum atomic E-state index is -1.32. The van der Waals surface area contributed by atoms with Crippen LogP contribution in [0.4, 0.5) is 0 Å². The second-order valence-electron chi connectivity index (χ2n) is 6.54. The smallest absolute Gasteiger partial charge is 0.344 e. The number of esters is 3. The van der Waals surface area contributed by atoms with Crippen LogP contribution in [0.3, 0.4) is 0 Å². The van der Waals surface area contributed by atoms with Crippen LogP contribution in [0.1, 0.15) is 32.3 Å². The third-order valence-corrected chi connectivity index (χ3v) is 4.61. The molecule has 0 bridgehead atoms. The van der Waals surface area contributed by atoms with Gasteiger partial charge in [-0.25, -0.2) is 19.2 Å². The molecule has 0 fully saturated rings. The largest absolute Gasteiger partial charge is 0.479 e. The lowest BCUT2D eigenvalue weighted by atomic mass is 9.80. The van der Waals surface area contributed by atoms with Crippen molar-refractivity contribution in [2.75, 3.05) is 19.8 Å². The number of carbonyl (C=O) groups excluding carboxylic acids is 3. The molecule has 1 aliphatic heterocycles. The third-order valence-electron chi connectivity index (χ3n) is 4.36. The summed E-state index contributed by atoms with van der Waals surface area (Å²) in [6.07, 6.45) is 0. The monoisotopic (exact) mass is 451 g/mol. The molecule has 0 radical (unpaired) electrons. The van der Waals surface area contributed by atoms with Gasteiger partial charge in [-0.15, -0.1) is 0 Å². The van der Waals surface area contributed by atoms with Crippen LogP contribution in [0.15, 0.2) is 46.8 Å². The summed E-state index contributed by atoms with van der Waals surface area (Å²) in [5.41, 5.74) is 1.42. The molecular weight excluding hydrogens is 430 g/mol. The molecule has 10 heteroatoms. The molecule has 0 amide bonds. The fourth-order valence-corrected chi connectivity index (χ4v) is 3.26. The predicted octanol–water partition coefficient (Wildman–Crippen LogP) is 2.31. The van der Waals surface area contributed by atoms with E-state index in [4.69, 9.17) is 30.9 Å². The van der Waals surface area contributed by atoms with Gasteiger partial charge in [0.15, 0.2) is 13.2 Å². The van der Waals surface area contributed by atoms with Gasteiger partial charge in [0.2, 0.25) is 0 Å². The Bertz CT molecular complexity index is 949. The molecule has 2 N–H and O–H groups in total. The van der Waals surface area contributed by atoms with Gasteiger partial charge in [0.1, 0.15) is 0 Å². The van der Waals surface area contributed by atoms with Crippen LogP contribution in [-0.2, 0) is 33.4 Å². The first-order chi connectivity index (χ1) is 14.6. The molecule has 1 aromatic rings. The van der Waals surface area contributed by atoms with Gasteiger partial charge in [0.05, 0.1) is 23.7 Å². The number of carboxylic acid groups (broad SMARTS) is 1. The maximum absolute atomic E-state index is 12.9. The highest BCUT2D eigenvalue weighted by Gasteiger charge is 2.38. The lowest BCUT2D eigenvalue weighted by Gasteiger charge is -2.30. The van der Waals surface area contributed by atoms with Gasteiger partial charge in [0, 0.05) is 16.4 Å². The average molecular weight is 452 g/mol. The second-order valence-corrected chi connectivity index (χ2v) is 6.97. The summed E-state index contributed by atoms with van der Waals surface area (Å²) in [4.78, 5) is 48.0. The number of nitrogens with one attached hydrogen (secondary N) is 1. The molecule has 166 valence electrons. The number of aliphatic carboxylic acids is 1. The Morgan fingerprint density at radius 1 is 0.935 bits per heavy atom. The van der Waals surface area contributed by atoms with E-state index in [1.165, 1.54) is 0 Å². The number of rotatable bonds is 8. The molecule has 0 saturated carbocycles. The molecule has 2 rings (SSSR count). The van der Waals surface area contributed by atoms with Crippen molar-refractivity contribution < 1.29 is 38.5 Å². The van der Waals surface area contributed by atoms with Gasteiger partial charge in [0.25, 0.3) is 0 Å². The number of carboxylic acids is 1. The molecule has 1 atom stereocenters. The van der Waals surface area contributed by atoms with E-state index in [2.05, 4.69) is 5.32 Å². The molecule has 1 heterocycles. The Labute approximate surface area is 183 Å². The van der Waals surface area contributed by atoms with Crippen LogP contribution < -0.4 is 5.32 Å².